The Bertz CT molecular complexity index is 267. The minimum atomic E-state index is -0.168. The molecule has 1 heterocycles. The summed E-state index contributed by atoms with van der Waals surface area (Å²) in [7, 11) is 0. The highest BCUT2D eigenvalue weighted by Crippen LogP contribution is 2.00. The first kappa shape index (κ1) is 9.58. The molecule has 1 aliphatic carbocycles. The van der Waals surface area contributed by atoms with Crippen molar-refractivity contribution in [2.75, 3.05) is 26.2 Å². The molecule has 1 unspecified atom stereocenters. The lowest BCUT2D eigenvalue weighted by molar-refractivity contribution is -0.116. The maximum atomic E-state index is 11.4. The van der Waals surface area contributed by atoms with Gasteiger partial charge in [-0.15, -0.1) is 0 Å². The van der Waals surface area contributed by atoms with Crippen LogP contribution in [0.4, 0.5) is 0 Å². The number of ketones is 1. The van der Waals surface area contributed by atoms with Crippen LogP contribution in [0.3, 0.4) is 0 Å². The van der Waals surface area contributed by atoms with Gasteiger partial charge in [0.15, 0.2) is 5.78 Å². The maximum absolute atomic E-state index is 11.4. The van der Waals surface area contributed by atoms with Gasteiger partial charge in [0.25, 0.3) is 0 Å². The van der Waals surface area contributed by atoms with E-state index in [4.69, 9.17) is 0 Å². The molecule has 14 heavy (non-hydrogen) atoms. The number of hydrogen-bond acceptors (Lipinski definition) is 4. The number of nitrogens with one attached hydrogen (secondary N) is 2. The van der Waals surface area contributed by atoms with Gasteiger partial charge >= 0.3 is 0 Å². The van der Waals surface area contributed by atoms with Gasteiger partial charge in [0, 0.05) is 26.2 Å². The van der Waals surface area contributed by atoms with E-state index in [1.54, 1.807) is 12.2 Å². The molecular weight excluding hydrogens is 178 g/mol. The molecular formula is C10H15N3O. The number of piperazine rings is 1. The highest BCUT2D eigenvalue weighted by Gasteiger charge is 2.18. The predicted molar refractivity (Wildman–Crippen MR) is 54.7 cm³/mol. The lowest BCUT2D eigenvalue weighted by atomic mass is 10.1. The summed E-state index contributed by atoms with van der Waals surface area (Å²) in [6, 6.07) is -0.168. The van der Waals surface area contributed by atoms with Gasteiger partial charge in [0.2, 0.25) is 0 Å². The Morgan fingerprint density at radius 1 is 1.36 bits per heavy atom. The van der Waals surface area contributed by atoms with Gasteiger partial charge in [0.05, 0.1) is 0 Å². The van der Waals surface area contributed by atoms with Gasteiger partial charge in [-0.1, -0.05) is 18.2 Å². The molecule has 0 amide bonds. The number of carbonyl (C=O) groups excluding carboxylic acids is 1. The van der Waals surface area contributed by atoms with E-state index in [0.29, 0.717) is 0 Å². The summed E-state index contributed by atoms with van der Waals surface area (Å²) in [5.41, 5.74) is 3.21. The van der Waals surface area contributed by atoms with Crippen LogP contribution >= 0.6 is 0 Å². The number of carbonyl (C=O) groups is 1. The van der Waals surface area contributed by atoms with E-state index in [-0.39, 0.29) is 11.8 Å². The van der Waals surface area contributed by atoms with Crippen LogP contribution in [-0.4, -0.2) is 43.0 Å². The molecule has 0 saturated carbocycles. The third-order valence-corrected chi connectivity index (χ3v) is 2.42. The molecule has 0 aromatic carbocycles. The first-order valence-corrected chi connectivity index (χ1v) is 4.97. The van der Waals surface area contributed by atoms with Crippen LogP contribution in [0.1, 0.15) is 0 Å². The molecule has 2 aliphatic rings. The van der Waals surface area contributed by atoms with Crippen molar-refractivity contribution < 1.29 is 4.79 Å². The van der Waals surface area contributed by atoms with Gasteiger partial charge < -0.3 is 5.32 Å². The average Bonchev–Trinajstić information content (AvgIpc) is 2.23. The summed E-state index contributed by atoms with van der Waals surface area (Å²) in [6.45, 7) is 3.85. The highest BCUT2D eigenvalue weighted by atomic mass is 16.1. The Kier molecular flexibility index (Phi) is 3.08. The smallest absolute Gasteiger partial charge is 0.177 e. The van der Waals surface area contributed by atoms with E-state index in [0.717, 1.165) is 26.2 Å². The largest absolute Gasteiger partial charge is 0.314 e. The van der Waals surface area contributed by atoms with E-state index in [1.165, 1.54) is 0 Å². The molecule has 1 saturated heterocycles. The second-order valence-electron chi connectivity index (χ2n) is 3.49. The van der Waals surface area contributed by atoms with Crippen LogP contribution in [0.25, 0.3) is 0 Å². The maximum Gasteiger partial charge on any atom is 0.177 e. The van der Waals surface area contributed by atoms with E-state index < -0.39 is 0 Å². The Hall–Kier alpha value is -0.970. The van der Waals surface area contributed by atoms with Crippen molar-refractivity contribution in [2.45, 2.75) is 6.04 Å². The van der Waals surface area contributed by atoms with Gasteiger partial charge in [-0.2, -0.15) is 0 Å². The molecule has 4 heteroatoms. The third-order valence-electron chi connectivity index (χ3n) is 2.42. The molecule has 0 spiro atoms. The number of nitrogens with zero attached hydrogens (tertiary/aromatic N) is 1. The fraction of sp³-hybridized carbons (Fsp3) is 0.500. The molecule has 4 nitrogen and oxygen atoms in total. The van der Waals surface area contributed by atoms with Crippen molar-refractivity contribution in [3.63, 3.8) is 0 Å². The van der Waals surface area contributed by atoms with E-state index >= 15 is 0 Å². The van der Waals surface area contributed by atoms with Crippen LogP contribution in [0.15, 0.2) is 24.3 Å². The summed E-state index contributed by atoms with van der Waals surface area (Å²) in [5, 5.41) is 5.36. The first-order valence-electron chi connectivity index (χ1n) is 4.97. The van der Waals surface area contributed by atoms with Crippen LogP contribution < -0.4 is 10.7 Å². The molecule has 2 rings (SSSR count). The Balaban J connectivity index is 1.87. The van der Waals surface area contributed by atoms with Crippen LogP contribution in [0, 0.1) is 0 Å². The quantitative estimate of drug-likeness (QED) is 0.618. The van der Waals surface area contributed by atoms with E-state index in [1.807, 2.05) is 12.2 Å². The molecule has 2 N–H and O–H groups in total. The number of allylic oxidation sites excluding steroid dienone is 2. The van der Waals surface area contributed by atoms with Crippen molar-refractivity contribution in [1.82, 2.24) is 15.8 Å². The number of hydrogen-bond donors (Lipinski definition) is 2. The molecule has 1 aliphatic heterocycles. The lowest BCUT2D eigenvalue weighted by Crippen LogP contribution is -2.54. The molecule has 0 radical (unpaired) electrons. The fourth-order valence-corrected chi connectivity index (χ4v) is 1.62. The molecule has 1 atom stereocenters. The normalized spacial score (nSPS) is 28.3. The van der Waals surface area contributed by atoms with Crippen molar-refractivity contribution in [3.05, 3.63) is 24.3 Å². The molecule has 1 fully saturated rings. The standard InChI is InChI=1S/C10H15N3O/c14-10-4-2-1-3-9(10)12-13-7-5-11-6-8-13/h1-4,9,11-12H,5-8H2. The monoisotopic (exact) mass is 193 g/mol. The molecule has 76 valence electrons. The second kappa shape index (κ2) is 4.50. The molecule has 0 bridgehead atoms. The summed E-state index contributed by atoms with van der Waals surface area (Å²) in [5.74, 6) is 0.131. The third kappa shape index (κ3) is 2.29. The zero-order chi connectivity index (χ0) is 9.80. The number of rotatable bonds is 2. The first-order chi connectivity index (χ1) is 6.86. The zero-order valence-electron chi connectivity index (χ0n) is 8.07. The van der Waals surface area contributed by atoms with Crippen molar-refractivity contribution in [1.29, 1.82) is 0 Å². The van der Waals surface area contributed by atoms with Crippen molar-refractivity contribution in [2.24, 2.45) is 0 Å². The van der Waals surface area contributed by atoms with Gasteiger partial charge in [-0.25, -0.2) is 10.4 Å². The van der Waals surface area contributed by atoms with E-state index in [2.05, 4.69) is 15.8 Å². The topological polar surface area (TPSA) is 44.4 Å². The van der Waals surface area contributed by atoms with Crippen LogP contribution in [-0.2, 0) is 4.79 Å². The molecule has 0 aromatic rings. The summed E-state index contributed by atoms with van der Waals surface area (Å²) >= 11 is 0. The minimum Gasteiger partial charge on any atom is -0.314 e. The fourth-order valence-electron chi connectivity index (χ4n) is 1.62. The summed E-state index contributed by atoms with van der Waals surface area (Å²) in [6.07, 6.45) is 7.18. The van der Waals surface area contributed by atoms with Gasteiger partial charge in [-0.3, -0.25) is 4.79 Å². The highest BCUT2D eigenvalue weighted by molar-refractivity contribution is 5.97. The Labute approximate surface area is 83.6 Å². The predicted octanol–water partition coefficient (Wildman–Crippen LogP) is -0.540. The summed E-state index contributed by atoms with van der Waals surface area (Å²) in [4.78, 5) is 11.4. The Morgan fingerprint density at radius 2 is 2.14 bits per heavy atom. The number of hydrazine groups is 1. The van der Waals surface area contributed by atoms with Crippen LogP contribution in [0.5, 0.6) is 0 Å². The SMILES string of the molecule is O=C1C=CC=CC1NN1CCNCC1. The average molecular weight is 193 g/mol. The van der Waals surface area contributed by atoms with Gasteiger partial charge in [-0.05, 0) is 6.08 Å². The molecule has 0 aromatic heterocycles. The Morgan fingerprint density at radius 3 is 2.86 bits per heavy atom. The van der Waals surface area contributed by atoms with Crippen LogP contribution in [0.2, 0.25) is 0 Å². The van der Waals surface area contributed by atoms with Crippen molar-refractivity contribution in [3.8, 4) is 0 Å². The second-order valence-corrected chi connectivity index (χ2v) is 3.49. The lowest BCUT2D eigenvalue weighted by Gasteiger charge is -2.30. The van der Waals surface area contributed by atoms with E-state index in [9.17, 15) is 4.79 Å². The summed E-state index contributed by atoms with van der Waals surface area (Å²) < 4.78 is 0. The van der Waals surface area contributed by atoms with Crippen molar-refractivity contribution >= 4 is 5.78 Å². The minimum absolute atomic E-state index is 0.131. The van der Waals surface area contributed by atoms with Gasteiger partial charge in [0.1, 0.15) is 6.04 Å². The zero-order valence-corrected chi connectivity index (χ0v) is 8.07.